The highest BCUT2D eigenvalue weighted by Gasteiger charge is 2.26. The Hall–Kier alpha value is -2.25. The van der Waals surface area contributed by atoms with Gasteiger partial charge in [-0.05, 0) is 42.8 Å². The van der Waals surface area contributed by atoms with Gasteiger partial charge in [0.1, 0.15) is 12.4 Å². The fraction of sp³-hybridized carbons (Fsp3) is 0.235. The van der Waals surface area contributed by atoms with E-state index >= 15 is 0 Å². The van der Waals surface area contributed by atoms with Crippen molar-refractivity contribution in [1.82, 2.24) is 0 Å². The Kier molecular flexibility index (Phi) is 4.62. The number of hydrogen-bond donors (Lipinski definition) is 1. The van der Waals surface area contributed by atoms with Crippen molar-refractivity contribution in [3.63, 3.8) is 0 Å². The number of hydrogen-bond acceptors (Lipinski definition) is 4. The number of carbonyl (C=O) groups excluding carboxylic acids is 1. The van der Waals surface area contributed by atoms with Gasteiger partial charge < -0.3 is 9.64 Å². The molecule has 0 radical (unpaired) electrons. The summed E-state index contributed by atoms with van der Waals surface area (Å²) in [5.41, 5.74) is 1.52. The average Bonchev–Trinajstić information content (AvgIpc) is 2.55. The fourth-order valence-corrected chi connectivity index (χ4v) is 4.12. The summed E-state index contributed by atoms with van der Waals surface area (Å²) in [4.78, 5) is 13.4. The minimum atomic E-state index is -3.80. The summed E-state index contributed by atoms with van der Waals surface area (Å²) in [5, 5.41) is 0.519. The Morgan fingerprint density at radius 3 is 2.56 bits per heavy atom. The first-order chi connectivity index (χ1) is 11.8. The van der Waals surface area contributed by atoms with Crippen LogP contribution in [0.1, 0.15) is 12.5 Å². The lowest BCUT2D eigenvalue weighted by Gasteiger charge is -2.29. The number of ether oxygens (including phenoxy) is 1. The van der Waals surface area contributed by atoms with Gasteiger partial charge in [-0.25, -0.2) is 8.42 Å². The molecule has 0 atom stereocenters. The molecule has 0 spiro atoms. The number of nitrogens with zero attached hydrogens (tertiary/aromatic N) is 1. The normalized spacial score (nSPS) is 13.8. The van der Waals surface area contributed by atoms with Gasteiger partial charge >= 0.3 is 0 Å². The molecule has 3 rings (SSSR count). The standard InChI is InChI=1S/C17H17ClN2O4S/c1-11-9-15-16(24-8-7-20(15)12(2)21)10-17(11)25(22,23)19-14-5-3-13(18)4-6-14/h3-6,9-10,19H,7-8H2,1-2H3. The van der Waals surface area contributed by atoms with E-state index in [9.17, 15) is 13.2 Å². The highest BCUT2D eigenvalue weighted by atomic mass is 35.5. The molecule has 1 N–H and O–H groups in total. The monoisotopic (exact) mass is 380 g/mol. The zero-order valence-corrected chi connectivity index (χ0v) is 15.3. The second kappa shape index (κ2) is 6.57. The minimum absolute atomic E-state index is 0.103. The van der Waals surface area contributed by atoms with Crippen LogP contribution in [0.25, 0.3) is 0 Å². The van der Waals surface area contributed by atoms with Crippen molar-refractivity contribution in [1.29, 1.82) is 0 Å². The van der Waals surface area contributed by atoms with E-state index in [4.69, 9.17) is 16.3 Å². The Labute approximate surface area is 151 Å². The van der Waals surface area contributed by atoms with E-state index in [-0.39, 0.29) is 10.8 Å². The molecule has 1 heterocycles. The first-order valence-electron chi connectivity index (χ1n) is 7.62. The van der Waals surface area contributed by atoms with Gasteiger partial charge in [-0.15, -0.1) is 0 Å². The summed E-state index contributed by atoms with van der Waals surface area (Å²) < 4.78 is 33.5. The number of rotatable bonds is 3. The zero-order valence-electron chi connectivity index (χ0n) is 13.7. The van der Waals surface area contributed by atoms with Crippen LogP contribution in [0.5, 0.6) is 5.75 Å². The lowest BCUT2D eigenvalue weighted by molar-refractivity contribution is -0.116. The van der Waals surface area contributed by atoms with Crippen molar-refractivity contribution in [3.8, 4) is 5.75 Å². The van der Waals surface area contributed by atoms with Gasteiger partial charge in [-0.2, -0.15) is 0 Å². The molecule has 1 aliphatic heterocycles. The number of carbonyl (C=O) groups is 1. The van der Waals surface area contributed by atoms with Crippen LogP contribution in [-0.4, -0.2) is 27.5 Å². The molecule has 1 aliphatic rings. The molecule has 0 bridgehead atoms. The molecule has 0 aromatic heterocycles. The number of amides is 1. The quantitative estimate of drug-likeness (QED) is 0.887. The molecule has 6 nitrogen and oxygen atoms in total. The second-order valence-electron chi connectivity index (χ2n) is 5.72. The minimum Gasteiger partial charge on any atom is -0.489 e. The van der Waals surface area contributed by atoms with Crippen LogP contribution in [0.4, 0.5) is 11.4 Å². The molecule has 2 aromatic carbocycles. The second-order valence-corrected chi connectivity index (χ2v) is 7.80. The van der Waals surface area contributed by atoms with E-state index in [2.05, 4.69) is 4.72 Å². The highest BCUT2D eigenvalue weighted by Crippen LogP contribution is 2.36. The Morgan fingerprint density at radius 1 is 1.24 bits per heavy atom. The van der Waals surface area contributed by atoms with Crippen LogP contribution in [0, 0.1) is 6.92 Å². The number of halogens is 1. The number of benzene rings is 2. The Balaban J connectivity index is 1.99. The van der Waals surface area contributed by atoms with E-state index in [0.717, 1.165) is 0 Å². The maximum absolute atomic E-state index is 12.7. The van der Waals surface area contributed by atoms with Crippen molar-refractivity contribution < 1.29 is 17.9 Å². The molecule has 8 heteroatoms. The molecular weight excluding hydrogens is 364 g/mol. The van der Waals surface area contributed by atoms with Crippen molar-refractivity contribution in [3.05, 3.63) is 47.0 Å². The average molecular weight is 381 g/mol. The van der Waals surface area contributed by atoms with Gasteiger partial charge in [-0.1, -0.05) is 11.6 Å². The third kappa shape index (κ3) is 3.57. The molecular formula is C17H17ClN2O4S. The summed E-state index contributed by atoms with van der Waals surface area (Å²) in [7, 11) is -3.80. The van der Waals surface area contributed by atoms with E-state index in [1.54, 1.807) is 42.2 Å². The van der Waals surface area contributed by atoms with E-state index < -0.39 is 10.0 Å². The first kappa shape index (κ1) is 17.6. The third-order valence-corrected chi connectivity index (χ3v) is 5.66. The van der Waals surface area contributed by atoms with Crippen LogP contribution in [-0.2, 0) is 14.8 Å². The zero-order chi connectivity index (χ0) is 18.2. The maximum atomic E-state index is 12.7. The molecule has 2 aromatic rings. The smallest absolute Gasteiger partial charge is 0.262 e. The van der Waals surface area contributed by atoms with Crippen LogP contribution < -0.4 is 14.4 Å². The summed E-state index contributed by atoms with van der Waals surface area (Å²) >= 11 is 5.82. The molecule has 132 valence electrons. The number of anilines is 2. The molecule has 0 unspecified atom stereocenters. The molecule has 0 saturated heterocycles. The number of nitrogens with one attached hydrogen (secondary N) is 1. The van der Waals surface area contributed by atoms with Crippen LogP contribution >= 0.6 is 11.6 Å². The summed E-state index contributed by atoms with van der Waals surface area (Å²) in [6.45, 7) is 3.91. The van der Waals surface area contributed by atoms with Crippen molar-refractivity contribution in [2.45, 2.75) is 18.7 Å². The highest BCUT2D eigenvalue weighted by molar-refractivity contribution is 7.92. The van der Waals surface area contributed by atoms with Crippen molar-refractivity contribution >= 4 is 38.9 Å². The predicted molar refractivity (Wildman–Crippen MR) is 97.0 cm³/mol. The van der Waals surface area contributed by atoms with Gasteiger partial charge in [0.25, 0.3) is 10.0 Å². The molecule has 25 heavy (non-hydrogen) atoms. The molecule has 0 fully saturated rings. The fourth-order valence-electron chi connectivity index (χ4n) is 2.69. The molecule has 0 aliphatic carbocycles. The van der Waals surface area contributed by atoms with Gasteiger partial charge in [0.15, 0.2) is 0 Å². The van der Waals surface area contributed by atoms with Crippen LogP contribution in [0.2, 0.25) is 5.02 Å². The number of fused-ring (bicyclic) bond motifs is 1. The molecule has 0 saturated carbocycles. The van der Waals surface area contributed by atoms with E-state index in [1.165, 1.54) is 13.0 Å². The van der Waals surface area contributed by atoms with Crippen molar-refractivity contribution in [2.75, 3.05) is 22.8 Å². The number of aryl methyl sites for hydroxylation is 1. The van der Waals surface area contributed by atoms with Crippen LogP contribution in [0.3, 0.4) is 0 Å². The van der Waals surface area contributed by atoms with E-state index in [0.29, 0.717) is 40.9 Å². The third-order valence-electron chi connectivity index (χ3n) is 3.89. The largest absolute Gasteiger partial charge is 0.489 e. The molecule has 1 amide bonds. The lowest BCUT2D eigenvalue weighted by Crippen LogP contribution is -2.36. The summed E-state index contributed by atoms with van der Waals surface area (Å²) in [6, 6.07) is 9.49. The Morgan fingerprint density at radius 2 is 1.92 bits per heavy atom. The SMILES string of the molecule is CC(=O)N1CCOc2cc(S(=O)(=O)Nc3ccc(Cl)cc3)c(C)cc21. The van der Waals surface area contributed by atoms with Crippen molar-refractivity contribution in [2.24, 2.45) is 0 Å². The van der Waals surface area contributed by atoms with Gasteiger partial charge in [0.2, 0.25) is 5.91 Å². The predicted octanol–water partition coefficient (Wildman–Crippen LogP) is 3.19. The van der Waals surface area contributed by atoms with Gasteiger partial charge in [0, 0.05) is 23.7 Å². The Bertz CT molecular complexity index is 926. The van der Waals surface area contributed by atoms with Gasteiger partial charge in [-0.3, -0.25) is 9.52 Å². The van der Waals surface area contributed by atoms with Gasteiger partial charge in [0.05, 0.1) is 17.1 Å². The van der Waals surface area contributed by atoms with Crippen LogP contribution in [0.15, 0.2) is 41.3 Å². The summed E-state index contributed by atoms with van der Waals surface area (Å²) in [5.74, 6) is 0.266. The topological polar surface area (TPSA) is 75.7 Å². The number of sulfonamides is 1. The summed E-state index contributed by atoms with van der Waals surface area (Å²) in [6.07, 6.45) is 0. The lowest BCUT2D eigenvalue weighted by atomic mass is 10.1. The first-order valence-corrected chi connectivity index (χ1v) is 9.48. The van der Waals surface area contributed by atoms with E-state index in [1.807, 2.05) is 0 Å². The maximum Gasteiger partial charge on any atom is 0.262 e.